The average molecular weight is 398 g/mol. The van der Waals surface area contributed by atoms with Crippen LogP contribution in [0.3, 0.4) is 0 Å². The second-order valence-electron chi connectivity index (χ2n) is 6.91. The van der Waals surface area contributed by atoms with Crippen molar-refractivity contribution in [3.05, 3.63) is 0 Å². The Balaban J connectivity index is 4.55. The van der Waals surface area contributed by atoms with E-state index in [0.29, 0.717) is 23.9 Å². The van der Waals surface area contributed by atoms with E-state index < -0.39 is 32.5 Å². The highest BCUT2D eigenvalue weighted by atomic mass is 31.2. The number of carbonyl (C=O) groups is 2. The Labute approximate surface area is 155 Å². The molecular formula is C16H33NO8P+. The number of hydrogen-bond acceptors (Lipinski definition) is 7. The van der Waals surface area contributed by atoms with Crippen molar-refractivity contribution in [2.45, 2.75) is 45.6 Å². The van der Waals surface area contributed by atoms with E-state index in [4.69, 9.17) is 18.5 Å². The van der Waals surface area contributed by atoms with Crippen molar-refractivity contribution in [1.82, 2.24) is 0 Å². The molecule has 0 bridgehead atoms. The first-order valence-electron chi connectivity index (χ1n) is 8.76. The van der Waals surface area contributed by atoms with Gasteiger partial charge in [-0.15, -0.1) is 0 Å². The summed E-state index contributed by atoms with van der Waals surface area (Å²) in [6.07, 6.45) is 0.674. The smallest absolute Gasteiger partial charge is 0.462 e. The number of phosphoric ester groups is 1. The van der Waals surface area contributed by atoms with E-state index in [-0.39, 0.29) is 26.1 Å². The first kappa shape index (κ1) is 25.0. The molecule has 0 heterocycles. The molecule has 2 unspecified atom stereocenters. The van der Waals surface area contributed by atoms with E-state index in [1.54, 1.807) is 0 Å². The van der Waals surface area contributed by atoms with Crippen molar-refractivity contribution in [1.29, 1.82) is 0 Å². The largest absolute Gasteiger partial charge is 0.472 e. The van der Waals surface area contributed by atoms with Crippen molar-refractivity contribution >= 4 is 19.8 Å². The molecule has 0 saturated carbocycles. The van der Waals surface area contributed by atoms with E-state index in [0.717, 1.165) is 0 Å². The Morgan fingerprint density at radius 2 is 1.58 bits per heavy atom. The van der Waals surface area contributed by atoms with Crippen molar-refractivity contribution in [2.75, 3.05) is 47.5 Å². The van der Waals surface area contributed by atoms with Gasteiger partial charge in [0.05, 0.1) is 27.7 Å². The number of esters is 2. The SMILES string of the molecule is CCCC(=O)OCC(COP(=O)(O)OCC[N+](C)(C)C)OC(=O)CCC. The Kier molecular flexibility index (Phi) is 11.9. The summed E-state index contributed by atoms with van der Waals surface area (Å²) in [4.78, 5) is 32.8. The van der Waals surface area contributed by atoms with Gasteiger partial charge in [-0.05, 0) is 12.8 Å². The lowest BCUT2D eigenvalue weighted by Gasteiger charge is -2.24. The summed E-state index contributed by atoms with van der Waals surface area (Å²) in [6.45, 7) is 3.54. The first-order valence-corrected chi connectivity index (χ1v) is 10.3. The van der Waals surface area contributed by atoms with Gasteiger partial charge in [0, 0.05) is 12.8 Å². The van der Waals surface area contributed by atoms with Gasteiger partial charge in [-0.3, -0.25) is 18.6 Å². The van der Waals surface area contributed by atoms with Crippen LogP contribution in [0.4, 0.5) is 0 Å². The number of nitrogens with zero attached hydrogens (tertiary/aromatic N) is 1. The van der Waals surface area contributed by atoms with Gasteiger partial charge >= 0.3 is 19.8 Å². The zero-order valence-electron chi connectivity index (χ0n) is 16.4. The van der Waals surface area contributed by atoms with Crippen LogP contribution in [0.25, 0.3) is 0 Å². The average Bonchev–Trinajstić information content (AvgIpc) is 2.49. The minimum Gasteiger partial charge on any atom is -0.462 e. The standard InChI is InChI=1S/C16H32NO8P/c1-6-8-15(18)22-12-14(25-16(19)9-7-2)13-24-26(20,21)23-11-10-17(3,4)5/h14H,6-13H2,1-5H3/p+1. The second kappa shape index (κ2) is 12.4. The second-order valence-corrected chi connectivity index (χ2v) is 8.36. The van der Waals surface area contributed by atoms with Crippen LogP contribution in [-0.4, -0.2) is 74.9 Å². The first-order chi connectivity index (χ1) is 12.0. The lowest BCUT2D eigenvalue weighted by Crippen LogP contribution is -2.37. The number of quaternary nitrogens is 1. The molecule has 0 amide bonds. The minimum absolute atomic E-state index is 0.0308. The molecule has 0 aromatic carbocycles. The summed E-state index contributed by atoms with van der Waals surface area (Å²) in [5.74, 6) is -0.929. The summed E-state index contributed by atoms with van der Waals surface area (Å²) in [6, 6.07) is 0. The van der Waals surface area contributed by atoms with Crippen LogP contribution in [0.1, 0.15) is 39.5 Å². The van der Waals surface area contributed by atoms with Gasteiger partial charge in [0.25, 0.3) is 0 Å². The number of likely N-dealkylation sites (N-methyl/N-ethyl adjacent to an activating group) is 1. The monoisotopic (exact) mass is 398 g/mol. The van der Waals surface area contributed by atoms with Crippen molar-refractivity contribution in [3.8, 4) is 0 Å². The van der Waals surface area contributed by atoms with Crippen molar-refractivity contribution in [3.63, 3.8) is 0 Å². The molecule has 10 heteroatoms. The van der Waals surface area contributed by atoms with Gasteiger partial charge in [-0.25, -0.2) is 4.57 Å². The lowest BCUT2D eigenvalue weighted by molar-refractivity contribution is -0.870. The number of rotatable bonds is 14. The van der Waals surface area contributed by atoms with Gasteiger partial charge in [0.2, 0.25) is 0 Å². The van der Waals surface area contributed by atoms with E-state index in [1.165, 1.54) is 0 Å². The van der Waals surface area contributed by atoms with Crippen LogP contribution in [0.15, 0.2) is 0 Å². The van der Waals surface area contributed by atoms with Crippen LogP contribution in [0.2, 0.25) is 0 Å². The third-order valence-corrected chi connectivity index (χ3v) is 4.06. The fourth-order valence-electron chi connectivity index (χ4n) is 1.67. The fourth-order valence-corrected chi connectivity index (χ4v) is 2.41. The van der Waals surface area contributed by atoms with E-state index >= 15 is 0 Å². The van der Waals surface area contributed by atoms with E-state index in [9.17, 15) is 19.0 Å². The summed E-state index contributed by atoms with van der Waals surface area (Å²) in [5, 5.41) is 0. The maximum atomic E-state index is 11.9. The number of hydrogen-bond donors (Lipinski definition) is 1. The van der Waals surface area contributed by atoms with Gasteiger partial charge in [0.15, 0.2) is 6.10 Å². The van der Waals surface area contributed by atoms with Gasteiger partial charge in [-0.2, -0.15) is 0 Å². The van der Waals surface area contributed by atoms with Gasteiger partial charge < -0.3 is 18.9 Å². The Morgan fingerprint density at radius 3 is 2.12 bits per heavy atom. The Hall–Kier alpha value is -0.990. The number of phosphoric acid groups is 1. The van der Waals surface area contributed by atoms with E-state index in [2.05, 4.69) is 0 Å². The van der Waals surface area contributed by atoms with Crippen LogP contribution >= 0.6 is 7.82 Å². The highest BCUT2D eigenvalue weighted by Gasteiger charge is 2.26. The topological polar surface area (TPSA) is 108 Å². The summed E-state index contributed by atoms with van der Waals surface area (Å²) < 4.78 is 32.4. The molecule has 26 heavy (non-hydrogen) atoms. The maximum absolute atomic E-state index is 11.9. The van der Waals surface area contributed by atoms with Crippen molar-refractivity contribution in [2.24, 2.45) is 0 Å². The molecule has 0 saturated heterocycles. The third kappa shape index (κ3) is 14.2. The number of carbonyl (C=O) groups excluding carboxylic acids is 2. The fraction of sp³-hybridized carbons (Fsp3) is 0.875. The molecule has 0 aliphatic heterocycles. The predicted octanol–water partition coefficient (Wildman–Crippen LogP) is 1.88. The lowest BCUT2D eigenvalue weighted by atomic mass is 10.3. The zero-order chi connectivity index (χ0) is 20.2. The molecule has 154 valence electrons. The molecule has 0 aromatic rings. The molecule has 1 N–H and O–H groups in total. The highest BCUT2D eigenvalue weighted by Crippen LogP contribution is 2.43. The van der Waals surface area contributed by atoms with Crippen LogP contribution < -0.4 is 0 Å². The quantitative estimate of drug-likeness (QED) is 0.268. The normalized spacial score (nSPS) is 15.2. The van der Waals surface area contributed by atoms with E-state index in [1.807, 2.05) is 35.0 Å². The van der Waals surface area contributed by atoms with Gasteiger partial charge in [0.1, 0.15) is 19.8 Å². The molecule has 0 rings (SSSR count). The minimum atomic E-state index is -4.29. The predicted molar refractivity (Wildman–Crippen MR) is 95.3 cm³/mol. The molecule has 0 spiro atoms. The van der Waals surface area contributed by atoms with Crippen LogP contribution in [-0.2, 0) is 32.7 Å². The maximum Gasteiger partial charge on any atom is 0.472 e. The van der Waals surface area contributed by atoms with Crippen molar-refractivity contribution < 1.29 is 42.1 Å². The van der Waals surface area contributed by atoms with Gasteiger partial charge in [-0.1, -0.05) is 13.8 Å². The van der Waals surface area contributed by atoms with Crippen LogP contribution in [0, 0.1) is 0 Å². The Morgan fingerprint density at radius 1 is 1.00 bits per heavy atom. The molecular weight excluding hydrogens is 365 g/mol. The molecule has 0 aliphatic carbocycles. The van der Waals surface area contributed by atoms with Crippen LogP contribution in [0.5, 0.6) is 0 Å². The molecule has 0 aliphatic rings. The Bertz CT molecular complexity index is 477. The molecule has 0 aromatic heterocycles. The number of ether oxygens (including phenoxy) is 2. The highest BCUT2D eigenvalue weighted by molar-refractivity contribution is 7.47. The molecule has 0 radical (unpaired) electrons. The summed E-state index contributed by atoms with van der Waals surface area (Å²) in [5.41, 5.74) is 0. The molecule has 2 atom stereocenters. The zero-order valence-corrected chi connectivity index (χ0v) is 17.3. The molecule has 0 fully saturated rings. The third-order valence-electron chi connectivity index (χ3n) is 3.08. The summed E-state index contributed by atoms with van der Waals surface area (Å²) in [7, 11) is 1.46. The summed E-state index contributed by atoms with van der Waals surface area (Å²) >= 11 is 0. The molecule has 9 nitrogen and oxygen atoms in total.